The number of hydrogen-bond acceptors (Lipinski definition) is 5. The van der Waals surface area contributed by atoms with Crippen molar-refractivity contribution in [3.05, 3.63) is 57.6 Å². The number of nitrogens with one attached hydrogen (secondary N) is 3. The number of aromatic nitrogens is 4. The topological polar surface area (TPSA) is 114 Å². The van der Waals surface area contributed by atoms with Crippen LogP contribution in [0, 0.1) is 13.8 Å². The standard InChI is InChI=1S/C19H22N6O3/c1-5-13-12(3)20-18(23-17(13)26)25-16(10-11(2)24-25)22-19(27)21-14-8-6-7-9-15(14)28-4/h6-10H,5H2,1-4H3,(H,20,23,26)(H2,21,22,27). The van der Waals surface area contributed by atoms with Gasteiger partial charge in [-0.15, -0.1) is 0 Å². The van der Waals surface area contributed by atoms with E-state index in [1.54, 1.807) is 38.1 Å². The van der Waals surface area contributed by atoms with Crippen molar-refractivity contribution in [3.8, 4) is 11.7 Å². The highest BCUT2D eigenvalue weighted by atomic mass is 16.5. The summed E-state index contributed by atoms with van der Waals surface area (Å²) in [4.78, 5) is 31.9. The van der Waals surface area contributed by atoms with E-state index in [-0.39, 0.29) is 11.5 Å². The molecule has 0 bridgehead atoms. The van der Waals surface area contributed by atoms with Crippen molar-refractivity contribution >= 4 is 17.5 Å². The number of aryl methyl sites for hydroxylation is 2. The third-order valence-electron chi connectivity index (χ3n) is 4.19. The molecule has 2 aromatic heterocycles. The van der Waals surface area contributed by atoms with Gasteiger partial charge >= 0.3 is 6.03 Å². The van der Waals surface area contributed by atoms with Gasteiger partial charge in [0, 0.05) is 17.3 Å². The van der Waals surface area contributed by atoms with Gasteiger partial charge in [0.2, 0.25) is 5.95 Å². The first-order chi connectivity index (χ1) is 13.4. The van der Waals surface area contributed by atoms with Crippen molar-refractivity contribution in [1.82, 2.24) is 19.7 Å². The van der Waals surface area contributed by atoms with Crippen molar-refractivity contribution in [2.45, 2.75) is 27.2 Å². The van der Waals surface area contributed by atoms with E-state index in [2.05, 4.69) is 25.7 Å². The highest BCUT2D eigenvalue weighted by Gasteiger charge is 2.15. The maximum absolute atomic E-state index is 12.5. The van der Waals surface area contributed by atoms with Crippen LogP contribution >= 0.6 is 0 Å². The van der Waals surface area contributed by atoms with Crippen LogP contribution in [0.5, 0.6) is 5.75 Å². The molecular weight excluding hydrogens is 360 g/mol. The molecule has 0 aliphatic heterocycles. The van der Waals surface area contributed by atoms with E-state index in [0.29, 0.717) is 40.6 Å². The van der Waals surface area contributed by atoms with Gasteiger partial charge in [0.1, 0.15) is 11.6 Å². The Morgan fingerprint density at radius 1 is 1.25 bits per heavy atom. The first kappa shape index (κ1) is 19.2. The molecule has 1 aromatic carbocycles. The minimum absolute atomic E-state index is 0.220. The largest absolute Gasteiger partial charge is 0.495 e. The van der Waals surface area contributed by atoms with Crippen LogP contribution in [0.15, 0.2) is 35.1 Å². The van der Waals surface area contributed by atoms with Gasteiger partial charge in [-0.25, -0.2) is 9.78 Å². The predicted molar refractivity (Wildman–Crippen MR) is 106 cm³/mol. The maximum Gasteiger partial charge on any atom is 0.324 e. The number of rotatable bonds is 5. The summed E-state index contributed by atoms with van der Waals surface area (Å²) in [6.07, 6.45) is 0.582. The number of aromatic amines is 1. The fraction of sp³-hybridized carbons (Fsp3) is 0.263. The number of ether oxygens (including phenoxy) is 1. The molecular formula is C19H22N6O3. The third kappa shape index (κ3) is 3.88. The highest BCUT2D eigenvalue weighted by Crippen LogP contribution is 2.23. The van der Waals surface area contributed by atoms with Crippen molar-refractivity contribution in [2.75, 3.05) is 17.7 Å². The van der Waals surface area contributed by atoms with E-state index < -0.39 is 6.03 Å². The van der Waals surface area contributed by atoms with Crippen molar-refractivity contribution < 1.29 is 9.53 Å². The molecule has 2 amide bonds. The number of nitrogens with zero attached hydrogens (tertiary/aromatic N) is 3. The number of amides is 2. The van der Waals surface area contributed by atoms with Crippen LogP contribution in [-0.2, 0) is 6.42 Å². The highest BCUT2D eigenvalue weighted by molar-refractivity contribution is 6.00. The van der Waals surface area contributed by atoms with E-state index in [0.717, 1.165) is 0 Å². The molecule has 0 unspecified atom stereocenters. The third-order valence-corrected chi connectivity index (χ3v) is 4.19. The van der Waals surface area contributed by atoms with Gasteiger partial charge in [0.25, 0.3) is 5.56 Å². The normalized spacial score (nSPS) is 10.6. The zero-order valence-electron chi connectivity index (χ0n) is 16.2. The van der Waals surface area contributed by atoms with Gasteiger partial charge in [0.15, 0.2) is 0 Å². The Labute approximate surface area is 161 Å². The SMILES string of the molecule is CCc1c(C)nc(-n2nc(C)cc2NC(=O)Nc2ccccc2OC)[nH]c1=O. The molecule has 2 heterocycles. The average Bonchev–Trinajstić information content (AvgIpc) is 3.02. The number of carbonyl (C=O) groups excluding carboxylic acids is 1. The lowest BCUT2D eigenvalue weighted by Gasteiger charge is -2.12. The number of urea groups is 1. The van der Waals surface area contributed by atoms with Crippen LogP contribution in [0.1, 0.15) is 23.9 Å². The second-order valence-corrected chi connectivity index (χ2v) is 6.17. The minimum atomic E-state index is -0.477. The number of hydrogen-bond donors (Lipinski definition) is 3. The summed E-state index contributed by atoms with van der Waals surface area (Å²) in [6.45, 7) is 5.45. The summed E-state index contributed by atoms with van der Waals surface area (Å²) in [5, 5.41) is 9.79. The lowest BCUT2D eigenvalue weighted by atomic mass is 10.2. The van der Waals surface area contributed by atoms with Gasteiger partial charge in [-0.3, -0.25) is 15.1 Å². The molecule has 0 atom stereocenters. The first-order valence-corrected chi connectivity index (χ1v) is 8.80. The monoisotopic (exact) mass is 382 g/mol. The second-order valence-electron chi connectivity index (χ2n) is 6.17. The molecule has 3 aromatic rings. The Morgan fingerprint density at radius 3 is 2.68 bits per heavy atom. The second kappa shape index (κ2) is 7.95. The van der Waals surface area contributed by atoms with Crippen molar-refractivity contribution in [3.63, 3.8) is 0 Å². The molecule has 0 saturated heterocycles. The first-order valence-electron chi connectivity index (χ1n) is 8.80. The number of carbonyl (C=O) groups is 1. The molecule has 146 valence electrons. The molecule has 0 aliphatic carbocycles. The molecule has 0 fully saturated rings. The van der Waals surface area contributed by atoms with Gasteiger partial charge in [-0.2, -0.15) is 9.78 Å². The molecule has 0 radical (unpaired) electrons. The Hall–Kier alpha value is -3.62. The van der Waals surface area contributed by atoms with E-state index >= 15 is 0 Å². The lowest BCUT2D eigenvalue weighted by Crippen LogP contribution is -2.24. The number of anilines is 2. The summed E-state index contributed by atoms with van der Waals surface area (Å²) >= 11 is 0. The molecule has 9 heteroatoms. The van der Waals surface area contributed by atoms with Crippen LogP contribution in [0.25, 0.3) is 5.95 Å². The fourth-order valence-corrected chi connectivity index (χ4v) is 2.88. The number of H-pyrrole nitrogens is 1. The summed E-state index contributed by atoms with van der Waals surface area (Å²) in [5.74, 6) is 1.15. The Balaban J connectivity index is 1.89. The van der Waals surface area contributed by atoms with Crippen molar-refractivity contribution in [2.24, 2.45) is 0 Å². The van der Waals surface area contributed by atoms with E-state index in [1.165, 1.54) is 11.8 Å². The number of benzene rings is 1. The zero-order chi connectivity index (χ0) is 20.3. The van der Waals surface area contributed by atoms with E-state index in [4.69, 9.17) is 4.74 Å². The van der Waals surface area contributed by atoms with E-state index in [1.807, 2.05) is 13.0 Å². The minimum Gasteiger partial charge on any atom is -0.495 e. The van der Waals surface area contributed by atoms with Gasteiger partial charge < -0.3 is 10.1 Å². The molecule has 0 saturated carbocycles. The van der Waals surface area contributed by atoms with Crippen LogP contribution in [0.2, 0.25) is 0 Å². The molecule has 3 rings (SSSR count). The van der Waals surface area contributed by atoms with Gasteiger partial charge in [-0.1, -0.05) is 19.1 Å². The number of para-hydroxylation sites is 2. The van der Waals surface area contributed by atoms with Crippen LogP contribution in [0.4, 0.5) is 16.3 Å². The zero-order valence-corrected chi connectivity index (χ0v) is 16.2. The molecule has 0 spiro atoms. The fourth-order valence-electron chi connectivity index (χ4n) is 2.88. The van der Waals surface area contributed by atoms with Gasteiger partial charge in [-0.05, 0) is 32.4 Å². The van der Waals surface area contributed by atoms with Crippen LogP contribution in [-0.4, -0.2) is 32.9 Å². The Bertz CT molecular complexity index is 1070. The molecule has 3 N–H and O–H groups in total. The summed E-state index contributed by atoms with van der Waals surface area (Å²) in [7, 11) is 1.53. The quantitative estimate of drug-likeness (QED) is 0.628. The summed E-state index contributed by atoms with van der Waals surface area (Å²) < 4.78 is 6.63. The number of methoxy groups -OCH3 is 1. The predicted octanol–water partition coefficient (Wildman–Crippen LogP) is 2.79. The smallest absolute Gasteiger partial charge is 0.324 e. The van der Waals surface area contributed by atoms with Crippen LogP contribution in [0.3, 0.4) is 0 Å². The van der Waals surface area contributed by atoms with Crippen molar-refractivity contribution in [1.29, 1.82) is 0 Å². The molecule has 9 nitrogen and oxygen atoms in total. The van der Waals surface area contributed by atoms with Crippen LogP contribution < -0.4 is 20.9 Å². The summed E-state index contributed by atoms with van der Waals surface area (Å²) in [5.41, 5.74) is 2.21. The Kier molecular flexibility index (Phi) is 5.44. The molecule has 28 heavy (non-hydrogen) atoms. The van der Waals surface area contributed by atoms with E-state index in [9.17, 15) is 9.59 Å². The lowest BCUT2D eigenvalue weighted by molar-refractivity contribution is 0.262. The van der Waals surface area contributed by atoms with Gasteiger partial charge in [0.05, 0.1) is 18.5 Å². The summed E-state index contributed by atoms with van der Waals surface area (Å²) in [6, 6.07) is 8.29. The Morgan fingerprint density at radius 2 is 2.00 bits per heavy atom. The molecule has 0 aliphatic rings. The maximum atomic E-state index is 12.5. The average molecular weight is 382 g/mol.